The summed E-state index contributed by atoms with van der Waals surface area (Å²) in [7, 11) is 5.42. The number of ether oxygens (including phenoxy) is 5. The van der Waals surface area contributed by atoms with Gasteiger partial charge in [-0.3, -0.25) is 0 Å². The Balaban J connectivity index is 2.01. The molecule has 2 rings (SSSR count). The van der Waals surface area contributed by atoms with Crippen LogP contribution in [-0.2, 0) is 23.7 Å². The molecule has 2 saturated heterocycles. The third-order valence-corrected chi connectivity index (χ3v) is 5.37. The number of hydrogen-bond donors (Lipinski definition) is 1. The Morgan fingerprint density at radius 1 is 0.958 bits per heavy atom. The average Bonchev–Trinajstić information content (AvgIpc) is 2.55. The molecule has 8 atom stereocenters. The van der Waals surface area contributed by atoms with Crippen LogP contribution in [0.1, 0.15) is 40.5 Å². The van der Waals surface area contributed by atoms with Crippen molar-refractivity contribution in [3.8, 4) is 0 Å². The van der Waals surface area contributed by atoms with Crippen molar-refractivity contribution in [3.63, 3.8) is 0 Å². The number of hydrogen-bond acceptors (Lipinski definition) is 6. The first-order valence-electron chi connectivity index (χ1n) is 9.10. The van der Waals surface area contributed by atoms with Crippen LogP contribution in [0.15, 0.2) is 0 Å². The summed E-state index contributed by atoms with van der Waals surface area (Å²) < 4.78 is 29.9. The molecule has 6 nitrogen and oxygen atoms in total. The summed E-state index contributed by atoms with van der Waals surface area (Å²) in [6.07, 6.45) is 1.37. The summed E-state index contributed by atoms with van der Waals surface area (Å²) >= 11 is 0. The van der Waals surface area contributed by atoms with Gasteiger partial charge in [0.05, 0.1) is 36.6 Å². The van der Waals surface area contributed by atoms with Crippen molar-refractivity contribution in [1.82, 2.24) is 5.32 Å². The molecule has 142 valence electrons. The molecule has 24 heavy (non-hydrogen) atoms. The molecule has 0 aliphatic carbocycles. The van der Waals surface area contributed by atoms with Crippen molar-refractivity contribution in [3.05, 3.63) is 0 Å². The maximum absolute atomic E-state index is 6.29. The fourth-order valence-electron chi connectivity index (χ4n) is 3.88. The van der Waals surface area contributed by atoms with Gasteiger partial charge in [-0.2, -0.15) is 0 Å². The molecule has 0 spiro atoms. The van der Waals surface area contributed by atoms with E-state index in [1.165, 1.54) is 0 Å². The Hall–Kier alpha value is -0.240. The second kappa shape index (κ2) is 8.92. The zero-order chi connectivity index (χ0) is 17.9. The lowest BCUT2D eigenvalue weighted by Crippen LogP contribution is -2.57. The molecule has 2 aliphatic rings. The molecule has 0 aromatic heterocycles. The van der Waals surface area contributed by atoms with Crippen LogP contribution in [0.5, 0.6) is 0 Å². The van der Waals surface area contributed by atoms with Crippen molar-refractivity contribution in [1.29, 1.82) is 0 Å². The minimum atomic E-state index is -0.307. The molecular formula is C18H35NO5. The van der Waals surface area contributed by atoms with Gasteiger partial charge in [0.2, 0.25) is 0 Å². The van der Waals surface area contributed by atoms with E-state index in [0.717, 1.165) is 6.42 Å². The summed E-state index contributed by atoms with van der Waals surface area (Å²) in [5.41, 5.74) is 0. The molecule has 0 aromatic carbocycles. The predicted octanol–water partition coefficient (Wildman–Crippen LogP) is 1.96. The number of nitrogens with one attached hydrogen (secondary N) is 1. The fraction of sp³-hybridized carbons (Fsp3) is 1.00. The molecule has 2 fully saturated rings. The second-order valence-corrected chi connectivity index (χ2v) is 7.33. The molecule has 6 heteroatoms. The monoisotopic (exact) mass is 345 g/mol. The van der Waals surface area contributed by atoms with Crippen LogP contribution in [0.3, 0.4) is 0 Å². The van der Waals surface area contributed by atoms with E-state index in [9.17, 15) is 0 Å². The van der Waals surface area contributed by atoms with Gasteiger partial charge >= 0.3 is 0 Å². The standard InChI is InChI=1S/C18H35NO5/c1-10(2)13-8-15(21-7)18(12(4)22-13)24-16-9-14(20-6)17(19-5)11(3)23-16/h10-19H,8-9H2,1-7H3/t11-,12-,13+,14-,15-,16-,17+,18-/m0/s1. The van der Waals surface area contributed by atoms with Gasteiger partial charge in [0, 0.05) is 27.1 Å². The van der Waals surface area contributed by atoms with Gasteiger partial charge in [-0.05, 0) is 26.8 Å². The molecule has 1 N–H and O–H groups in total. The van der Waals surface area contributed by atoms with Gasteiger partial charge in [-0.25, -0.2) is 0 Å². The molecule has 2 heterocycles. The summed E-state index contributed by atoms with van der Waals surface area (Å²) in [5.74, 6) is 0.464. The van der Waals surface area contributed by atoms with Gasteiger partial charge < -0.3 is 29.0 Å². The van der Waals surface area contributed by atoms with E-state index in [1.807, 2.05) is 14.0 Å². The van der Waals surface area contributed by atoms with Crippen LogP contribution in [0.2, 0.25) is 0 Å². The lowest BCUT2D eigenvalue weighted by atomic mass is 9.92. The summed E-state index contributed by atoms with van der Waals surface area (Å²) in [4.78, 5) is 0. The van der Waals surface area contributed by atoms with E-state index >= 15 is 0 Å². The van der Waals surface area contributed by atoms with Crippen LogP contribution in [0.25, 0.3) is 0 Å². The first-order valence-corrected chi connectivity index (χ1v) is 9.10. The van der Waals surface area contributed by atoms with Crippen molar-refractivity contribution in [2.24, 2.45) is 5.92 Å². The minimum absolute atomic E-state index is 0.0166. The first-order chi connectivity index (χ1) is 11.4. The van der Waals surface area contributed by atoms with Crippen LogP contribution in [0, 0.1) is 5.92 Å². The third-order valence-electron chi connectivity index (χ3n) is 5.37. The van der Waals surface area contributed by atoms with Crippen LogP contribution in [0.4, 0.5) is 0 Å². The van der Waals surface area contributed by atoms with Gasteiger partial charge in [0.15, 0.2) is 6.29 Å². The molecule has 0 aromatic rings. The molecule has 0 bridgehead atoms. The Morgan fingerprint density at radius 3 is 2.17 bits per heavy atom. The molecule has 0 amide bonds. The summed E-state index contributed by atoms with van der Waals surface area (Å²) in [6, 6.07) is 0.165. The van der Waals surface area contributed by atoms with Crippen LogP contribution >= 0.6 is 0 Å². The van der Waals surface area contributed by atoms with E-state index in [0.29, 0.717) is 12.3 Å². The third kappa shape index (κ3) is 4.48. The van der Waals surface area contributed by atoms with Crippen LogP contribution < -0.4 is 5.32 Å². The van der Waals surface area contributed by atoms with E-state index in [2.05, 4.69) is 26.1 Å². The molecular weight excluding hydrogens is 310 g/mol. The Bertz CT molecular complexity index is 380. The van der Waals surface area contributed by atoms with E-state index in [4.69, 9.17) is 23.7 Å². The topological polar surface area (TPSA) is 58.2 Å². The molecule has 0 saturated carbocycles. The van der Waals surface area contributed by atoms with E-state index in [1.54, 1.807) is 14.2 Å². The van der Waals surface area contributed by atoms with Crippen molar-refractivity contribution in [2.75, 3.05) is 21.3 Å². The number of likely N-dealkylation sites (N-methyl/N-ethyl adjacent to an activating group) is 1. The molecule has 0 radical (unpaired) electrons. The summed E-state index contributed by atoms with van der Waals surface area (Å²) in [6.45, 7) is 8.46. The van der Waals surface area contributed by atoms with Crippen molar-refractivity contribution in [2.45, 2.75) is 89.5 Å². The lowest BCUT2D eigenvalue weighted by molar-refractivity contribution is -0.286. The highest BCUT2D eigenvalue weighted by molar-refractivity contribution is 4.90. The largest absolute Gasteiger partial charge is 0.380 e. The highest BCUT2D eigenvalue weighted by atomic mass is 16.7. The van der Waals surface area contributed by atoms with Crippen molar-refractivity contribution >= 4 is 0 Å². The number of rotatable bonds is 6. The first kappa shape index (κ1) is 20.1. The quantitative estimate of drug-likeness (QED) is 0.794. The highest BCUT2D eigenvalue weighted by Gasteiger charge is 2.43. The van der Waals surface area contributed by atoms with E-state index < -0.39 is 0 Å². The minimum Gasteiger partial charge on any atom is -0.380 e. The summed E-state index contributed by atoms with van der Waals surface area (Å²) in [5, 5.41) is 3.27. The van der Waals surface area contributed by atoms with Gasteiger partial charge in [-0.1, -0.05) is 13.8 Å². The van der Waals surface area contributed by atoms with Gasteiger partial charge in [0.1, 0.15) is 6.10 Å². The Labute approximate surface area is 146 Å². The second-order valence-electron chi connectivity index (χ2n) is 7.33. The van der Waals surface area contributed by atoms with Gasteiger partial charge in [-0.15, -0.1) is 0 Å². The van der Waals surface area contributed by atoms with Crippen molar-refractivity contribution < 1.29 is 23.7 Å². The maximum atomic E-state index is 6.29. The normalized spacial score (nSPS) is 44.0. The Kier molecular flexibility index (Phi) is 7.46. The highest BCUT2D eigenvalue weighted by Crippen LogP contribution is 2.31. The molecule has 0 unspecified atom stereocenters. The Morgan fingerprint density at radius 2 is 1.62 bits per heavy atom. The average molecular weight is 345 g/mol. The smallest absolute Gasteiger partial charge is 0.161 e. The lowest BCUT2D eigenvalue weighted by Gasteiger charge is -2.45. The fourth-order valence-corrected chi connectivity index (χ4v) is 3.88. The SMILES string of the molecule is CN[C@@H]1[C@H](C)O[C@@H](O[C@H]2[C@H](C)O[C@@H](C(C)C)C[C@@H]2OC)C[C@@H]1OC. The zero-order valence-corrected chi connectivity index (χ0v) is 16.2. The number of methoxy groups -OCH3 is 2. The zero-order valence-electron chi connectivity index (χ0n) is 16.2. The van der Waals surface area contributed by atoms with Crippen LogP contribution in [-0.4, -0.2) is 70.2 Å². The predicted molar refractivity (Wildman–Crippen MR) is 92.1 cm³/mol. The molecule has 2 aliphatic heterocycles. The maximum Gasteiger partial charge on any atom is 0.161 e. The van der Waals surface area contributed by atoms with Gasteiger partial charge in [0.25, 0.3) is 0 Å². The van der Waals surface area contributed by atoms with E-state index in [-0.39, 0.29) is 49.0 Å².